The Morgan fingerprint density at radius 2 is 1.93 bits per heavy atom. The largest absolute Gasteiger partial charge is 0.343 e. The van der Waals surface area contributed by atoms with Crippen LogP contribution in [0.4, 0.5) is 0 Å². The zero-order valence-electron chi connectivity index (χ0n) is 18.0. The molecule has 1 aliphatic heterocycles. The number of aromatic amines is 1. The number of aryl methyl sites for hydroxylation is 2. The molecule has 29 heavy (non-hydrogen) atoms. The van der Waals surface area contributed by atoms with Crippen molar-refractivity contribution in [3.05, 3.63) is 26.6 Å². The van der Waals surface area contributed by atoms with Gasteiger partial charge in [0.2, 0.25) is 5.91 Å². The molecule has 5 nitrogen and oxygen atoms in total. The Balaban J connectivity index is 1.51. The van der Waals surface area contributed by atoms with E-state index >= 15 is 0 Å². The highest BCUT2D eigenvalue weighted by Gasteiger charge is 2.31. The van der Waals surface area contributed by atoms with Crippen molar-refractivity contribution in [2.75, 3.05) is 13.1 Å². The molecule has 2 aromatic heterocycles. The lowest BCUT2D eigenvalue weighted by atomic mass is 9.72. The SMILES string of the molecule is CC(C)(C)[C@@H]1CCc2c(sc3nc(CCC(=O)N4CCCCCC4)[nH]c(=O)c23)C1. The molecule has 158 valence electrons. The summed E-state index contributed by atoms with van der Waals surface area (Å²) >= 11 is 1.69. The van der Waals surface area contributed by atoms with Crippen molar-refractivity contribution < 1.29 is 4.79 Å². The van der Waals surface area contributed by atoms with E-state index in [1.807, 2.05) is 4.90 Å². The number of amides is 1. The number of rotatable bonds is 3. The Bertz CT molecular complexity index is 945. The van der Waals surface area contributed by atoms with E-state index in [0.29, 0.717) is 24.6 Å². The standard InChI is InChI=1S/C23H33N3O2S/c1-23(2,3)15-8-9-16-17(14-15)29-22-20(16)21(28)24-18(25-22)10-11-19(27)26-12-6-4-5-7-13-26/h15H,4-14H2,1-3H3,(H,24,25,28)/t15-/m1/s1. The first-order valence-corrected chi connectivity index (χ1v) is 12.0. The summed E-state index contributed by atoms with van der Waals surface area (Å²) in [6, 6.07) is 0. The summed E-state index contributed by atoms with van der Waals surface area (Å²) in [5, 5.41) is 0.792. The van der Waals surface area contributed by atoms with Crippen LogP contribution in [0, 0.1) is 11.3 Å². The summed E-state index contributed by atoms with van der Waals surface area (Å²) in [7, 11) is 0. The third kappa shape index (κ3) is 4.42. The van der Waals surface area contributed by atoms with Crippen LogP contribution in [0.25, 0.3) is 10.2 Å². The number of likely N-dealkylation sites (tertiary alicyclic amines) is 1. The number of fused-ring (bicyclic) bond motifs is 3. The van der Waals surface area contributed by atoms with Gasteiger partial charge in [-0.3, -0.25) is 9.59 Å². The summed E-state index contributed by atoms with van der Waals surface area (Å²) < 4.78 is 0. The van der Waals surface area contributed by atoms with E-state index in [-0.39, 0.29) is 16.9 Å². The quantitative estimate of drug-likeness (QED) is 0.804. The highest BCUT2D eigenvalue weighted by molar-refractivity contribution is 7.18. The van der Waals surface area contributed by atoms with Crippen LogP contribution >= 0.6 is 11.3 Å². The van der Waals surface area contributed by atoms with Crippen LogP contribution in [0.1, 0.15) is 75.6 Å². The van der Waals surface area contributed by atoms with Crippen molar-refractivity contribution in [3.8, 4) is 0 Å². The van der Waals surface area contributed by atoms with Crippen LogP contribution in [0.5, 0.6) is 0 Å². The molecule has 6 heteroatoms. The van der Waals surface area contributed by atoms with Crippen LogP contribution in [0.3, 0.4) is 0 Å². The normalized spacial score (nSPS) is 20.5. The Labute approximate surface area is 176 Å². The van der Waals surface area contributed by atoms with Gasteiger partial charge in [-0.25, -0.2) is 4.98 Å². The lowest BCUT2D eigenvalue weighted by Crippen LogP contribution is -2.32. The topological polar surface area (TPSA) is 66.1 Å². The van der Waals surface area contributed by atoms with E-state index in [1.165, 1.54) is 23.3 Å². The second kappa shape index (κ2) is 8.21. The van der Waals surface area contributed by atoms with Crippen LogP contribution in [0.15, 0.2) is 4.79 Å². The van der Waals surface area contributed by atoms with Gasteiger partial charge < -0.3 is 9.88 Å². The highest BCUT2D eigenvalue weighted by atomic mass is 32.1. The molecule has 0 aromatic carbocycles. The van der Waals surface area contributed by atoms with E-state index in [4.69, 9.17) is 4.98 Å². The number of carbonyl (C=O) groups excluding carboxylic acids is 1. The van der Waals surface area contributed by atoms with Crippen molar-refractivity contribution in [3.63, 3.8) is 0 Å². The maximum atomic E-state index is 12.8. The number of H-pyrrole nitrogens is 1. The molecule has 0 bridgehead atoms. The molecule has 1 amide bonds. The highest BCUT2D eigenvalue weighted by Crippen LogP contribution is 2.41. The maximum absolute atomic E-state index is 12.8. The van der Waals surface area contributed by atoms with Crippen molar-refractivity contribution >= 4 is 27.5 Å². The van der Waals surface area contributed by atoms with Crippen LogP contribution in [-0.4, -0.2) is 33.9 Å². The van der Waals surface area contributed by atoms with Crippen molar-refractivity contribution in [1.82, 2.24) is 14.9 Å². The smallest absolute Gasteiger partial charge is 0.259 e. The first-order chi connectivity index (χ1) is 13.8. The Morgan fingerprint density at radius 3 is 2.62 bits per heavy atom. The second-order valence-electron chi connectivity index (χ2n) is 9.80. The number of hydrogen-bond donors (Lipinski definition) is 1. The molecule has 1 aliphatic carbocycles. The van der Waals surface area contributed by atoms with Crippen LogP contribution < -0.4 is 5.56 Å². The number of carbonyl (C=O) groups is 1. The second-order valence-corrected chi connectivity index (χ2v) is 10.9. The van der Waals surface area contributed by atoms with Crippen molar-refractivity contribution in [2.45, 2.75) is 78.6 Å². The van der Waals surface area contributed by atoms with Gasteiger partial charge >= 0.3 is 0 Å². The number of hydrogen-bond acceptors (Lipinski definition) is 4. The third-order valence-corrected chi connectivity index (χ3v) is 7.88. The number of aromatic nitrogens is 2. The molecule has 3 heterocycles. The first-order valence-electron chi connectivity index (χ1n) is 11.1. The molecule has 0 saturated carbocycles. The average molecular weight is 416 g/mol. The molecule has 2 aromatic rings. The molecule has 2 aliphatic rings. The zero-order valence-corrected chi connectivity index (χ0v) is 18.8. The number of thiophene rings is 1. The average Bonchev–Trinajstić information content (AvgIpc) is 2.84. The maximum Gasteiger partial charge on any atom is 0.259 e. The molecular weight excluding hydrogens is 382 g/mol. The van der Waals surface area contributed by atoms with Gasteiger partial charge in [0.15, 0.2) is 0 Å². The minimum absolute atomic E-state index is 0.0288. The monoisotopic (exact) mass is 415 g/mol. The summed E-state index contributed by atoms with van der Waals surface area (Å²) in [4.78, 5) is 37.3. The fraction of sp³-hybridized carbons (Fsp3) is 0.696. The van der Waals surface area contributed by atoms with Gasteiger partial charge in [0.25, 0.3) is 5.56 Å². The van der Waals surface area contributed by atoms with Crippen molar-refractivity contribution in [1.29, 1.82) is 0 Å². The molecule has 0 radical (unpaired) electrons. The lowest BCUT2D eigenvalue weighted by Gasteiger charge is -2.33. The predicted octanol–water partition coefficient (Wildman–Crippen LogP) is 4.47. The Morgan fingerprint density at radius 1 is 1.21 bits per heavy atom. The van der Waals surface area contributed by atoms with Crippen LogP contribution in [0.2, 0.25) is 0 Å². The van der Waals surface area contributed by atoms with Gasteiger partial charge in [-0.15, -0.1) is 11.3 Å². The third-order valence-electron chi connectivity index (χ3n) is 6.73. The van der Waals surface area contributed by atoms with E-state index < -0.39 is 0 Å². The van der Waals surface area contributed by atoms with E-state index in [0.717, 1.165) is 55.4 Å². The molecule has 0 unspecified atom stereocenters. The van der Waals surface area contributed by atoms with E-state index in [2.05, 4.69) is 25.8 Å². The fourth-order valence-corrected chi connectivity index (χ4v) is 6.11. The molecule has 1 atom stereocenters. The summed E-state index contributed by atoms with van der Waals surface area (Å²) in [5.41, 5.74) is 1.47. The minimum Gasteiger partial charge on any atom is -0.343 e. The van der Waals surface area contributed by atoms with E-state index in [9.17, 15) is 9.59 Å². The summed E-state index contributed by atoms with van der Waals surface area (Å²) in [5.74, 6) is 1.48. The fourth-order valence-electron chi connectivity index (χ4n) is 4.79. The van der Waals surface area contributed by atoms with Gasteiger partial charge in [0.05, 0.1) is 5.39 Å². The molecule has 0 spiro atoms. The van der Waals surface area contributed by atoms with E-state index in [1.54, 1.807) is 11.3 Å². The molecule has 1 N–H and O–H groups in total. The molecule has 4 rings (SSSR count). The molecular formula is C23H33N3O2S. The van der Waals surface area contributed by atoms with Gasteiger partial charge in [-0.1, -0.05) is 33.6 Å². The lowest BCUT2D eigenvalue weighted by molar-refractivity contribution is -0.131. The number of nitrogens with one attached hydrogen (secondary N) is 1. The van der Waals surface area contributed by atoms with Gasteiger partial charge in [0.1, 0.15) is 10.7 Å². The molecule has 1 saturated heterocycles. The van der Waals surface area contributed by atoms with Crippen LogP contribution in [-0.2, 0) is 24.1 Å². The Kier molecular flexibility index (Phi) is 5.83. The Hall–Kier alpha value is -1.69. The summed E-state index contributed by atoms with van der Waals surface area (Å²) in [6.45, 7) is 8.66. The minimum atomic E-state index is -0.0288. The van der Waals surface area contributed by atoms with Crippen molar-refractivity contribution in [2.24, 2.45) is 11.3 Å². The number of nitrogens with zero attached hydrogens (tertiary/aromatic N) is 2. The molecule has 1 fully saturated rings. The summed E-state index contributed by atoms with van der Waals surface area (Å²) in [6.07, 6.45) is 8.71. The first kappa shape index (κ1) is 20.6. The van der Waals surface area contributed by atoms with Gasteiger partial charge in [0, 0.05) is 30.8 Å². The van der Waals surface area contributed by atoms with Gasteiger partial charge in [-0.05, 0) is 49.0 Å². The van der Waals surface area contributed by atoms with Gasteiger partial charge in [-0.2, -0.15) is 0 Å². The zero-order chi connectivity index (χ0) is 20.6. The predicted molar refractivity (Wildman–Crippen MR) is 119 cm³/mol.